The number of hydrazone groups is 1. The van der Waals surface area contributed by atoms with Crippen LogP contribution in [0, 0.1) is 10.1 Å². The molecule has 1 N–H and O–H groups in total. The maximum Gasteiger partial charge on any atom is 0.324 e. The fourth-order valence-corrected chi connectivity index (χ4v) is 2.59. The number of nitro groups is 1. The largest absolute Gasteiger partial charge is 0.484 e. The summed E-state index contributed by atoms with van der Waals surface area (Å²) in [5, 5.41) is 14.3. The lowest BCUT2D eigenvalue weighted by molar-refractivity contribution is -0.380. The minimum atomic E-state index is -0.472. The van der Waals surface area contributed by atoms with Gasteiger partial charge in [-0.1, -0.05) is 36.8 Å². The third-order valence-electron chi connectivity index (χ3n) is 3.01. The van der Waals surface area contributed by atoms with Crippen molar-refractivity contribution in [2.24, 2.45) is 5.10 Å². The molecule has 1 aromatic carbocycles. The van der Waals surface area contributed by atoms with Crippen LogP contribution in [-0.2, 0) is 11.2 Å². The number of benzene rings is 1. The van der Waals surface area contributed by atoms with Crippen LogP contribution in [0.15, 0.2) is 41.5 Å². The Morgan fingerprint density at radius 3 is 2.71 bits per heavy atom. The topological polar surface area (TPSA) is 93.8 Å². The molecule has 0 atom stereocenters. The van der Waals surface area contributed by atoms with E-state index in [1.807, 2.05) is 24.3 Å². The van der Waals surface area contributed by atoms with Gasteiger partial charge in [0.2, 0.25) is 0 Å². The Kier molecular flexibility index (Phi) is 6.44. The molecule has 2 rings (SSSR count). The Balaban J connectivity index is 1.76. The first-order chi connectivity index (χ1) is 11.6. The maximum absolute atomic E-state index is 11.6. The van der Waals surface area contributed by atoms with Crippen molar-refractivity contribution in [3.8, 4) is 5.75 Å². The molecular formula is C16H17N3O4S. The molecular weight excluding hydrogens is 330 g/mol. The molecule has 1 heterocycles. The normalized spacial score (nSPS) is 10.7. The summed E-state index contributed by atoms with van der Waals surface area (Å²) in [6.07, 6.45) is 3.44. The summed E-state index contributed by atoms with van der Waals surface area (Å²) >= 11 is 0.977. The van der Waals surface area contributed by atoms with Crippen molar-refractivity contribution in [1.29, 1.82) is 0 Å². The first kappa shape index (κ1) is 17.6. The second kappa shape index (κ2) is 8.78. The molecule has 0 aliphatic heterocycles. The highest BCUT2D eigenvalue weighted by molar-refractivity contribution is 7.16. The minimum absolute atomic E-state index is 0.0256. The van der Waals surface area contributed by atoms with Crippen LogP contribution >= 0.6 is 11.3 Å². The standard InChI is InChI=1S/C16H17N3O4S/c1-2-3-12-4-6-13(7-5-12)23-11-15(20)18-17-10-14-8-9-16(24-14)19(21)22/h4-10H,2-3,11H2,1H3,(H,18,20)/b17-10-. The first-order valence-electron chi connectivity index (χ1n) is 7.36. The van der Waals surface area contributed by atoms with Crippen LogP contribution in [-0.4, -0.2) is 23.7 Å². The summed E-state index contributed by atoms with van der Waals surface area (Å²) in [5.41, 5.74) is 3.54. The maximum atomic E-state index is 11.6. The highest BCUT2D eigenvalue weighted by Crippen LogP contribution is 2.22. The van der Waals surface area contributed by atoms with Gasteiger partial charge < -0.3 is 4.74 Å². The van der Waals surface area contributed by atoms with Gasteiger partial charge in [0.15, 0.2) is 6.61 Å². The fourth-order valence-electron chi connectivity index (χ4n) is 1.90. The van der Waals surface area contributed by atoms with Crippen LogP contribution in [0.25, 0.3) is 0 Å². The Morgan fingerprint density at radius 2 is 2.08 bits per heavy atom. The molecule has 0 aliphatic carbocycles. The van der Waals surface area contributed by atoms with Crippen molar-refractivity contribution >= 4 is 28.5 Å². The summed E-state index contributed by atoms with van der Waals surface area (Å²) in [4.78, 5) is 22.3. The number of nitrogens with zero attached hydrogens (tertiary/aromatic N) is 2. The molecule has 0 radical (unpaired) electrons. The van der Waals surface area contributed by atoms with Crippen LogP contribution in [0.4, 0.5) is 5.00 Å². The SMILES string of the molecule is CCCc1ccc(OCC(=O)N/N=C\c2ccc([N+](=O)[O-])s2)cc1. The van der Waals surface area contributed by atoms with Crippen molar-refractivity contribution in [2.75, 3.05) is 6.61 Å². The highest BCUT2D eigenvalue weighted by atomic mass is 32.1. The zero-order valence-electron chi connectivity index (χ0n) is 13.1. The van der Waals surface area contributed by atoms with E-state index in [0.717, 1.165) is 24.2 Å². The van der Waals surface area contributed by atoms with E-state index >= 15 is 0 Å². The summed E-state index contributed by atoms with van der Waals surface area (Å²) in [5.74, 6) is 0.206. The zero-order chi connectivity index (χ0) is 17.4. The molecule has 126 valence electrons. The third kappa shape index (κ3) is 5.47. The van der Waals surface area contributed by atoms with E-state index in [1.54, 1.807) is 6.07 Å². The van der Waals surface area contributed by atoms with Gasteiger partial charge in [0.1, 0.15) is 5.75 Å². The number of carbonyl (C=O) groups excluding carboxylic acids is 1. The van der Waals surface area contributed by atoms with Crippen LogP contribution in [0.3, 0.4) is 0 Å². The van der Waals surface area contributed by atoms with Gasteiger partial charge >= 0.3 is 5.00 Å². The number of carbonyl (C=O) groups is 1. The lowest BCUT2D eigenvalue weighted by atomic mass is 10.1. The summed E-state index contributed by atoms with van der Waals surface area (Å²) in [6.45, 7) is 1.96. The number of nitrogens with one attached hydrogen (secondary N) is 1. The quantitative estimate of drug-likeness (QED) is 0.451. The summed E-state index contributed by atoms with van der Waals surface area (Å²) in [7, 11) is 0. The van der Waals surface area contributed by atoms with E-state index in [0.29, 0.717) is 10.6 Å². The van der Waals surface area contributed by atoms with Crippen molar-refractivity contribution in [3.05, 3.63) is 57.0 Å². The van der Waals surface area contributed by atoms with E-state index in [-0.39, 0.29) is 11.6 Å². The molecule has 0 spiro atoms. The van der Waals surface area contributed by atoms with Crippen molar-refractivity contribution in [1.82, 2.24) is 5.43 Å². The van der Waals surface area contributed by atoms with Gasteiger partial charge in [0.25, 0.3) is 5.91 Å². The van der Waals surface area contributed by atoms with Crippen molar-refractivity contribution in [2.45, 2.75) is 19.8 Å². The van der Waals surface area contributed by atoms with Crippen LogP contribution in [0.1, 0.15) is 23.8 Å². The van der Waals surface area contributed by atoms with Gasteiger partial charge in [-0.05, 0) is 30.2 Å². The van der Waals surface area contributed by atoms with E-state index in [1.165, 1.54) is 17.8 Å². The molecule has 0 aliphatic rings. The Bertz CT molecular complexity index is 725. The molecule has 1 amide bonds. The smallest absolute Gasteiger partial charge is 0.324 e. The van der Waals surface area contributed by atoms with Gasteiger partial charge in [0, 0.05) is 6.07 Å². The Morgan fingerprint density at radius 1 is 1.33 bits per heavy atom. The van der Waals surface area contributed by atoms with Gasteiger partial charge in [-0.25, -0.2) is 5.43 Å². The minimum Gasteiger partial charge on any atom is -0.484 e. The van der Waals surface area contributed by atoms with Gasteiger partial charge in [0.05, 0.1) is 16.0 Å². The average Bonchev–Trinajstić information content (AvgIpc) is 3.04. The van der Waals surface area contributed by atoms with Crippen LogP contribution in [0.2, 0.25) is 0 Å². The van der Waals surface area contributed by atoms with E-state index in [2.05, 4.69) is 17.5 Å². The monoisotopic (exact) mass is 347 g/mol. The number of amides is 1. The molecule has 0 bridgehead atoms. The molecule has 0 saturated heterocycles. The number of aryl methyl sites for hydroxylation is 1. The van der Waals surface area contributed by atoms with Crippen LogP contribution < -0.4 is 10.2 Å². The molecule has 8 heteroatoms. The van der Waals surface area contributed by atoms with E-state index in [4.69, 9.17) is 4.74 Å². The number of hydrogen-bond acceptors (Lipinski definition) is 6. The summed E-state index contributed by atoms with van der Waals surface area (Å²) in [6, 6.07) is 10.5. The average molecular weight is 347 g/mol. The molecule has 0 unspecified atom stereocenters. The second-order valence-corrected chi connectivity index (χ2v) is 6.00. The molecule has 0 fully saturated rings. The first-order valence-corrected chi connectivity index (χ1v) is 8.18. The molecule has 7 nitrogen and oxygen atoms in total. The van der Waals surface area contributed by atoms with Gasteiger partial charge in [-0.2, -0.15) is 5.10 Å². The Hall–Kier alpha value is -2.74. The number of hydrogen-bond donors (Lipinski definition) is 1. The predicted octanol–water partition coefficient (Wildman–Crippen LogP) is 3.14. The predicted molar refractivity (Wildman–Crippen MR) is 92.6 cm³/mol. The number of rotatable bonds is 8. The second-order valence-electron chi connectivity index (χ2n) is 4.91. The zero-order valence-corrected chi connectivity index (χ0v) is 13.9. The van der Waals surface area contributed by atoms with E-state index in [9.17, 15) is 14.9 Å². The lowest BCUT2D eigenvalue weighted by Gasteiger charge is -2.05. The van der Waals surface area contributed by atoms with Gasteiger partial charge in [-0.3, -0.25) is 14.9 Å². The number of thiophene rings is 1. The number of ether oxygens (including phenoxy) is 1. The lowest BCUT2D eigenvalue weighted by Crippen LogP contribution is -2.24. The fraction of sp³-hybridized carbons (Fsp3) is 0.250. The molecule has 1 aromatic heterocycles. The van der Waals surface area contributed by atoms with Crippen LogP contribution in [0.5, 0.6) is 5.75 Å². The summed E-state index contributed by atoms with van der Waals surface area (Å²) < 4.78 is 5.37. The molecule has 2 aromatic rings. The van der Waals surface area contributed by atoms with Crippen molar-refractivity contribution < 1.29 is 14.5 Å². The molecule has 24 heavy (non-hydrogen) atoms. The van der Waals surface area contributed by atoms with E-state index < -0.39 is 10.8 Å². The Labute approximate surface area is 143 Å². The third-order valence-corrected chi connectivity index (χ3v) is 3.98. The highest BCUT2D eigenvalue weighted by Gasteiger charge is 2.08. The molecule has 0 saturated carbocycles. The van der Waals surface area contributed by atoms with Crippen molar-refractivity contribution in [3.63, 3.8) is 0 Å². The van der Waals surface area contributed by atoms with Gasteiger partial charge in [-0.15, -0.1) is 0 Å².